The first kappa shape index (κ1) is 18.8. The molecule has 0 saturated carbocycles. The molecule has 1 heterocycles. The van der Waals surface area contributed by atoms with Gasteiger partial charge in [0.1, 0.15) is 22.6 Å². The third kappa shape index (κ3) is 3.36. The largest absolute Gasteiger partial charge is 0.496 e. The number of hydrogen-bond donors (Lipinski definition) is 2. The number of aliphatic hydroxyl groups excluding tert-OH is 1. The van der Waals surface area contributed by atoms with Gasteiger partial charge in [-0.1, -0.05) is 11.2 Å². The summed E-state index contributed by atoms with van der Waals surface area (Å²) in [5, 5.41) is 13.5. The van der Waals surface area contributed by atoms with E-state index in [4.69, 9.17) is 18.7 Å². The van der Waals surface area contributed by atoms with Gasteiger partial charge in [0, 0.05) is 0 Å². The predicted octanol–water partition coefficient (Wildman–Crippen LogP) is 2.15. The smallest absolute Gasteiger partial charge is 0.270 e. The van der Waals surface area contributed by atoms with Crippen molar-refractivity contribution in [3.63, 3.8) is 0 Å². The number of sulfonamides is 1. The van der Waals surface area contributed by atoms with Crippen LogP contribution in [0, 0.1) is 0 Å². The molecule has 9 nitrogen and oxygen atoms in total. The van der Waals surface area contributed by atoms with Crippen LogP contribution in [0.3, 0.4) is 0 Å². The summed E-state index contributed by atoms with van der Waals surface area (Å²) in [6.45, 7) is -0.300. The van der Waals surface area contributed by atoms with E-state index in [1.807, 2.05) is 0 Å². The summed E-state index contributed by atoms with van der Waals surface area (Å²) in [6.07, 6.45) is 0. The van der Waals surface area contributed by atoms with Gasteiger partial charge in [0.2, 0.25) is 0 Å². The van der Waals surface area contributed by atoms with Gasteiger partial charge in [0.05, 0.1) is 27.9 Å². The number of nitrogens with one attached hydrogen (secondary N) is 1. The molecule has 10 heteroatoms. The van der Waals surface area contributed by atoms with Crippen LogP contribution in [0.25, 0.3) is 11.0 Å². The Labute approximate surface area is 155 Å². The van der Waals surface area contributed by atoms with Gasteiger partial charge in [-0.3, -0.25) is 4.72 Å². The number of aliphatic hydroxyl groups is 1. The molecular formula is C17H18N2O7S. The third-order valence-corrected chi connectivity index (χ3v) is 5.28. The van der Waals surface area contributed by atoms with Gasteiger partial charge >= 0.3 is 0 Å². The lowest BCUT2D eigenvalue weighted by Gasteiger charge is -2.15. The highest BCUT2D eigenvalue weighted by Gasteiger charge is 2.28. The number of aromatic nitrogens is 1. The van der Waals surface area contributed by atoms with E-state index in [2.05, 4.69) is 9.88 Å². The fraction of sp³-hybridized carbons (Fsp3) is 0.235. The summed E-state index contributed by atoms with van der Waals surface area (Å²) in [4.78, 5) is -0.226. The molecule has 2 aromatic carbocycles. The first-order valence-corrected chi connectivity index (χ1v) is 9.24. The molecule has 0 spiro atoms. The van der Waals surface area contributed by atoms with Gasteiger partial charge in [-0.05, 0) is 29.8 Å². The first-order chi connectivity index (χ1) is 12.9. The fourth-order valence-corrected chi connectivity index (χ4v) is 3.98. The Morgan fingerprint density at radius 3 is 2.26 bits per heavy atom. The molecule has 0 radical (unpaired) electrons. The number of hydrogen-bond acceptors (Lipinski definition) is 8. The van der Waals surface area contributed by atoms with Crippen molar-refractivity contribution in [3.05, 3.63) is 35.9 Å². The van der Waals surface area contributed by atoms with Gasteiger partial charge in [0.25, 0.3) is 10.0 Å². The minimum Gasteiger partial charge on any atom is -0.496 e. The van der Waals surface area contributed by atoms with Crippen LogP contribution in [0.4, 0.5) is 5.82 Å². The number of anilines is 1. The molecule has 0 aliphatic rings. The maximum absolute atomic E-state index is 13.0. The topological polar surface area (TPSA) is 120 Å². The number of benzene rings is 2. The molecule has 0 fully saturated rings. The zero-order valence-corrected chi connectivity index (χ0v) is 15.7. The minimum absolute atomic E-state index is 0.0191. The van der Waals surface area contributed by atoms with Crippen molar-refractivity contribution >= 4 is 26.8 Å². The highest BCUT2D eigenvalue weighted by atomic mass is 32.2. The quantitative estimate of drug-likeness (QED) is 0.625. The van der Waals surface area contributed by atoms with E-state index in [-0.39, 0.29) is 28.8 Å². The van der Waals surface area contributed by atoms with Crippen molar-refractivity contribution in [2.24, 2.45) is 0 Å². The van der Waals surface area contributed by atoms with Gasteiger partial charge < -0.3 is 23.8 Å². The van der Waals surface area contributed by atoms with Gasteiger partial charge in [-0.25, -0.2) is 8.42 Å². The Morgan fingerprint density at radius 2 is 1.70 bits per heavy atom. The molecule has 0 atom stereocenters. The number of rotatable bonds is 7. The van der Waals surface area contributed by atoms with Crippen LogP contribution >= 0.6 is 0 Å². The number of fused-ring (bicyclic) bond motifs is 1. The Kier molecular flexibility index (Phi) is 5.10. The second-order valence-electron chi connectivity index (χ2n) is 5.46. The average Bonchev–Trinajstić information content (AvgIpc) is 3.08. The summed E-state index contributed by atoms with van der Waals surface area (Å²) in [6, 6.07) is 7.83. The monoisotopic (exact) mass is 394 g/mol. The summed E-state index contributed by atoms with van der Waals surface area (Å²) in [7, 11) is -0.0660. The number of ether oxygens (including phenoxy) is 3. The Hall–Kier alpha value is -2.98. The molecule has 27 heavy (non-hydrogen) atoms. The molecule has 144 valence electrons. The SMILES string of the molecule is COc1cc(CO)cc(OC)c1S(=O)(=O)Nc1noc2cccc(OC)c12. The fourth-order valence-electron chi connectivity index (χ4n) is 2.67. The van der Waals surface area contributed by atoms with Crippen LogP contribution in [-0.2, 0) is 16.6 Å². The molecular weight excluding hydrogens is 376 g/mol. The summed E-state index contributed by atoms with van der Waals surface area (Å²) in [5.74, 6) is 0.412. The van der Waals surface area contributed by atoms with E-state index >= 15 is 0 Å². The van der Waals surface area contributed by atoms with Crippen molar-refractivity contribution < 1.29 is 32.3 Å². The van der Waals surface area contributed by atoms with E-state index in [9.17, 15) is 13.5 Å². The molecule has 0 amide bonds. The lowest BCUT2D eigenvalue weighted by atomic mass is 10.2. The minimum atomic E-state index is -4.17. The van der Waals surface area contributed by atoms with Crippen LogP contribution in [0.1, 0.15) is 5.56 Å². The zero-order chi connectivity index (χ0) is 19.6. The molecule has 0 aliphatic carbocycles. The van der Waals surface area contributed by atoms with E-state index in [1.54, 1.807) is 18.2 Å². The summed E-state index contributed by atoms with van der Waals surface area (Å²) >= 11 is 0. The van der Waals surface area contributed by atoms with Crippen LogP contribution in [-0.4, -0.2) is 40.0 Å². The number of methoxy groups -OCH3 is 3. The number of nitrogens with zero attached hydrogens (tertiary/aromatic N) is 1. The Morgan fingerprint density at radius 1 is 1.07 bits per heavy atom. The maximum Gasteiger partial charge on any atom is 0.270 e. The van der Waals surface area contributed by atoms with Crippen molar-refractivity contribution in [2.75, 3.05) is 26.1 Å². The Bertz CT molecular complexity index is 1050. The van der Waals surface area contributed by atoms with Gasteiger partial charge in [-0.2, -0.15) is 0 Å². The molecule has 3 aromatic rings. The van der Waals surface area contributed by atoms with Crippen LogP contribution in [0.5, 0.6) is 17.2 Å². The van der Waals surface area contributed by atoms with E-state index in [1.165, 1.54) is 33.5 Å². The molecule has 0 aliphatic heterocycles. The van der Waals surface area contributed by atoms with E-state index in [0.717, 1.165) is 0 Å². The first-order valence-electron chi connectivity index (χ1n) is 7.76. The van der Waals surface area contributed by atoms with Crippen LogP contribution in [0.15, 0.2) is 39.8 Å². The lowest BCUT2D eigenvalue weighted by molar-refractivity contribution is 0.279. The maximum atomic E-state index is 13.0. The normalized spacial score (nSPS) is 11.4. The average molecular weight is 394 g/mol. The molecule has 2 N–H and O–H groups in total. The van der Waals surface area contributed by atoms with Crippen LogP contribution in [0.2, 0.25) is 0 Å². The predicted molar refractivity (Wildman–Crippen MR) is 96.8 cm³/mol. The van der Waals surface area contributed by atoms with E-state index < -0.39 is 10.0 Å². The van der Waals surface area contributed by atoms with Crippen molar-refractivity contribution in [1.29, 1.82) is 0 Å². The standard InChI is InChI=1S/C17H18N2O7S/c1-23-11-5-4-6-12-15(11)17(18-26-12)19-27(21,22)16-13(24-2)7-10(9-20)8-14(16)25-3/h4-8,20H,9H2,1-3H3,(H,18,19). The third-order valence-electron chi connectivity index (χ3n) is 3.88. The van der Waals surface area contributed by atoms with E-state index in [0.29, 0.717) is 22.3 Å². The van der Waals surface area contributed by atoms with Crippen molar-refractivity contribution in [1.82, 2.24) is 5.16 Å². The molecule has 3 rings (SSSR count). The molecule has 0 unspecified atom stereocenters. The molecule has 1 aromatic heterocycles. The van der Waals surface area contributed by atoms with Crippen LogP contribution < -0.4 is 18.9 Å². The van der Waals surface area contributed by atoms with Gasteiger partial charge in [-0.15, -0.1) is 0 Å². The highest BCUT2D eigenvalue weighted by molar-refractivity contribution is 7.93. The molecule has 0 saturated heterocycles. The van der Waals surface area contributed by atoms with Gasteiger partial charge in [0.15, 0.2) is 16.3 Å². The Balaban J connectivity index is 2.14. The second kappa shape index (κ2) is 7.33. The second-order valence-corrected chi connectivity index (χ2v) is 7.08. The lowest BCUT2D eigenvalue weighted by Crippen LogP contribution is -2.16. The summed E-state index contributed by atoms with van der Waals surface area (Å²) in [5.41, 5.74) is 0.804. The van der Waals surface area contributed by atoms with Crippen molar-refractivity contribution in [2.45, 2.75) is 11.5 Å². The summed E-state index contributed by atoms with van der Waals surface area (Å²) < 4.78 is 49.3. The molecule has 0 bridgehead atoms. The highest BCUT2D eigenvalue weighted by Crippen LogP contribution is 2.38. The zero-order valence-electron chi connectivity index (χ0n) is 14.8. The van der Waals surface area contributed by atoms with Crippen molar-refractivity contribution in [3.8, 4) is 17.2 Å².